The molecule has 2 fully saturated rings. The molecule has 5 rings (SSSR count). The Kier molecular flexibility index (Phi) is 6.84. The van der Waals surface area contributed by atoms with Gasteiger partial charge in [-0.2, -0.15) is 0 Å². The second kappa shape index (κ2) is 10.3. The topological polar surface area (TPSA) is 108 Å². The summed E-state index contributed by atoms with van der Waals surface area (Å²) in [5.41, 5.74) is 10.5. The van der Waals surface area contributed by atoms with Crippen LogP contribution >= 0.6 is 0 Å². The molecule has 2 aliphatic rings. The summed E-state index contributed by atoms with van der Waals surface area (Å²) in [5.74, 6) is 1.21. The largest absolute Gasteiger partial charge is 0.488 e. The molecule has 0 amide bonds. The van der Waals surface area contributed by atoms with Gasteiger partial charge in [-0.3, -0.25) is 9.88 Å². The molecule has 0 aliphatic carbocycles. The molecule has 34 heavy (non-hydrogen) atoms. The Morgan fingerprint density at radius 3 is 2.68 bits per heavy atom. The van der Waals surface area contributed by atoms with Crippen molar-refractivity contribution in [3.8, 4) is 17.0 Å². The van der Waals surface area contributed by atoms with Crippen LogP contribution < -0.4 is 15.8 Å². The van der Waals surface area contributed by atoms with Crippen molar-refractivity contribution >= 4 is 17.3 Å². The molecule has 3 N–H and O–H groups in total. The van der Waals surface area contributed by atoms with E-state index < -0.39 is 0 Å². The van der Waals surface area contributed by atoms with Crippen molar-refractivity contribution in [2.24, 2.45) is 0 Å². The number of nitrogen functional groups attached to an aromatic ring is 1. The number of anilines is 3. The lowest BCUT2D eigenvalue weighted by Gasteiger charge is -2.37. The summed E-state index contributed by atoms with van der Waals surface area (Å²) in [4.78, 5) is 15.8. The minimum atomic E-state index is 0.143. The number of nitrogens with two attached hydrogens (primary N) is 1. The summed E-state index contributed by atoms with van der Waals surface area (Å²) >= 11 is 0. The van der Waals surface area contributed by atoms with E-state index in [0.29, 0.717) is 23.5 Å². The average Bonchev–Trinajstić information content (AvgIpc) is 2.83. The van der Waals surface area contributed by atoms with Crippen LogP contribution in [0.25, 0.3) is 11.3 Å². The Hall–Kier alpha value is -3.27. The average molecular weight is 463 g/mol. The maximum atomic E-state index is 6.29. The second-order valence-corrected chi connectivity index (χ2v) is 8.66. The SMILES string of the molecule is COC1CN(Cc2cc(Nc3nccc(-c4ccc(OC5CCOCC5)c(N)c4)n3)ccn2)C1. The molecule has 9 nitrogen and oxygen atoms in total. The van der Waals surface area contributed by atoms with E-state index in [1.54, 1.807) is 19.5 Å². The number of pyridine rings is 1. The molecular formula is C25H30N6O3. The van der Waals surface area contributed by atoms with Gasteiger partial charge >= 0.3 is 0 Å². The van der Waals surface area contributed by atoms with Gasteiger partial charge in [0.15, 0.2) is 0 Å². The van der Waals surface area contributed by atoms with Crippen LogP contribution in [-0.2, 0) is 16.0 Å². The van der Waals surface area contributed by atoms with Crippen LogP contribution in [0.4, 0.5) is 17.3 Å². The third kappa shape index (κ3) is 5.44. The van der Waals surface area contributed by atoms with E-state index in [9.17, 15) is 0 Å². The van der Waals surface area contributed by atoms with Crippen molar-refractivity contribution in [1.82, 2.24) is 19.9 Å². The van der Waals surface area contributed by atoms with E-state index in [0.717, 1.165) is 68.3 Å². The molecule has 178 valence electrons. The van der Waals surface area contributed by atoms with Crippen molar-refractivity contribution in [3.05, 3.63) is 54.5 Å². The first-order valence-electron chi connectivity index (χ1n) is 11.6. The number of benzene rings is 1. The first kappa shape index (κ1) is 22.5. The second-order valence-electron chi connectivity index (χ2n) is 8.66. The summed E-state index contributed by atoms with van der Waals surface area (Å²) < 4.78 is 16.8. The van der Waals surface area contributed by atoms with Crippen molar-refractivity contribution in [2.75, 3.05) is 44.5 Å². The van der Waals surface area contributed by atoms with Gasteiger partial charge in [0.25, 0.3) is 0 Å². The summed E-state index contributed by atoms with van der Waals surface area (Å²) in [7, 11) is 1.75. The van der Waals surface area contributed by atoms with Gasteiger partial charge in [0.1, 0.15) is 11.9 Å². The van der Waals surface area contributed by atoms with Crippen LogP contribution in [-0.4, -0.2) is 65.5 Å². The number of hydrogen-bond acceptors (Lipinski definition) is 9. The molecule has 2 aromatic heterocycles. The van der Waals surface area contributed by atoms with Crippen LogP contribution in [0.3, 0.4) is 0 Å². The van der Waals surface area contributed by atoms with Gasteiger partial charge in [-0.15, -0.1) is 0 Å². The minimum Gasteiger partial charge on any atom is -0.488 e. The standard InChI is InChI=1S/C25H30N6O3/c1-32-21-15-31(16-21)14-19-13-18(4-8-27-19)29-25-28-9-5-23(30-25)17-2-3-24(22(26)12-17)34-20-6-10-33-11-7-20/h2-5,8-9,12-13,20-21H,6-7,10-11,14-16,26H2,1H3,(H,27,28,29,30). The number of hydrogen-bond donors (Lipinski definition) is 2. The fourth-order valence-corrected chi connectivity index (χ4v) is 4.17. The first-order valence-corrected chi connectivity index (χ1v) is 11.6. The number of nitrogens with one attached hydrogen (secondary N) is 1. The number of likely N-dealkylation sites (tertiary alicyclic amines) is 1. The van der Waals surface area contributed by atoms with Crippen molar-refractivity contribution in [2.45, 2.75) is 31.6 Å². The van der Waals surface area contributed by atoms with Crippen LogP contribution in [0.1, 0.15) is 18.5 Å². The highest BCUT2D eigenvalue weighted by molar-refractivity contribution is 5.69. The van der Waals surface area contributed by atoms with Crippen LogP contribution in [0.2, 0.25) is 0 Å². The molecule has 0 radical (unpaired) electrons. The molecule has 0 saturated carbocycles. The maximum absolute atomic E-state index is 6.29. The fourth-order valence-electron chi connectivity index (χ4n) is 4.17. The third-order valence-corrected chi connectivity index (χ3v) is 6.14. The van der Waals surface area contributed by atoms with Crippen molar-refractivity contribution in [3.63, 3.8) is 0 Å². The molecular weight excluding hydrogens is 432 g/mol. The lowest BCUT2D eigenvalue weighted by atomic mass is 10.1. The molecule has 0 unspecified atom stereocenters. The van der Waals surface area contributed by atoms with Crippen molar-refractivity contribution in [1.29, 1.82) is 0 Å². The zero-order valence-electron chi connectivity index (χ0n) is 19.3. The molecule has 9 heteroatoms. The van der Waals surface area contributed by atoms with Gasteiger partial charge in [-0.25, -0.2) is 9.97 Å². The van der Waals surface area contributed by atoms with E-state index in [1.165, 1.54) is 0 Å². The zero-order valence-corrected chi connectivity index (χ0v) is 19.3. The van der Waals surface area contributed by atoms with Gasteiger partial charge < -0.3 is 25.3 Å². The molecule has 3 aromatic rings. The Bertz CT molecular complexity index is 1120. The van der Waals surface area contributed by atoms with Gasteiger partial charge in [-0.05, 0) is 36.4 Å². The van der Waals surface area contributed by atoms with Crippen molar-refractivity contribution < 1.29 is 14.2 Å². The molecule has 1 aromatic carbocycles. The van der Waals surface area contributed by atoms with Crippen LogP contribution in [0.15, 0.2) is 48.8 Å². The number of ether oxygens (including phenoxy) is 3. The first-order chi connectivity index (χ1) is 16.7. The highest BCUT2D eigenvalue weighted by atomic mass is 16.5. The van der Waals surface area contributed by atoms with Gasteiger partial charge in [0.05, 0.1) is 36.4 Å². The normalized spacial score (nSPS) is 17.3. The Morgan fingerprint density at radius 2 is 1.88 bits per heavy atom. The van der Waals surface area contributed by atoms with E-state index in [2.05, 4.69) is 25.2 Å². The lowest BCUT2D eigenvalue weighted by molar-refractivity contribution is -0.0339. The van der Waals surface area contributed by atoms with E-state index in [-0.39, 0.29) is 6.10 Å². The smallest absolute Gasteiger partial charge is 0.227 e. The highest BCUT2D eigenvalue weighted by Gasteiger charge is 2.26. The molecule has 2 aliphatic heterocycles. The predicted molar refractivity (Wildman–Crippen MR) is 130 cm³/mol. The third-order valence-electron chi connectivity index (χ3n) is 6.14. The number of nitrogens with zero attached hydrogens (tertiary/aromatic N) is 4. The quantitative estimate of drug-likeness (QED) is 0.488. The molecule has 0 atom stereocenters. The Labute approximate surface area is 199 Å². The van der Waals surface area contributed by atoms with Gasteiger partial charge in [0.2, 0.25) is 5.95 Å². The lowest BCUT2D eigenvalue weighted by Crippen LogP contribution is -2.51. The zero-order chi connectivity index (χ0) is 23.3. The minimum absolute atomic E-state index is 0.143. The Balaban J connectivity index is 1.25. The monoisotopic (exact) mass is 462 g/mol. The molecule has 2 saturated heterocycles. The number of methoxy groups -OCH3 is 1. The summed E-state index contributed by atoms with van der Waals surface area (Å²) in [6.45, 7) is 4.11. The molecule has 0 spiro atoms. The van der Waals surface area contributed by atoms with Crippen LogP contribution in [0.5, 0.6) is 5.75 Å². The van der Waals surface area contributed by atoms with Gasteiger partial charge in [0, 0.05) is 63.2 Å². The summed E-state index contributed by atoms with van der Waals surface area (Å²) in [5, 5.41) is 3.29. The van der Waals surface area contributed by atoms with E-state index in [1.807, 2.05) is 36.4 Å². The van der Waals surface area contributed by atoms with E-state index in [4.69, 9.17) is 19.9 Å². The molecule has 4 heterocycles. The number of aromatic nitrogens is 3. The fraction of sp³-hybridized carbons (Fsp3) is 0.400. The summed E-state index contributed by atoms with van der Waals surface area (Å²) in [6.07, 6.45) is 5.76. The Morgan fingerprint density at radius 1 is 1.06 bits per heavy atom. The van der Waals surface area contributed by atoms with Gasteiger partial charge in [-0.1, -0.05) is 0 Å². The predicted octanol–water partition coefficient (Wildman–Crippen LogP) is 3.25. The summed E-state index contributed by atoms with van der Waals surface area (Å²) in [6, 6.07) is 11.6. The number of rotatable bonds is 8. The molecule has 0 bridgehead atoms. The highest BCUT2D eigenvalue weighted by Crippen LogP contribution is 2.30. The van der Waals surface area contributed by atoms with Crippen LogP contribution in [0, 0.1) is 0 Å². The van der Waals surface area contributed by atoms with E-state index >= 15 is 0 Å². The maximum Gasteiger partial charge on any atom is 0.227 e.